The first-order chi connectivity index (χ1) is 12.7. The van der Waals surface area contributed by atoms with E-state index in [4.69, 9.17) is 4.74 Å². The molecule has 0 aromatic heterocycles. The maximum Gasteiger partial charge on any atom is 0.354 e. The quantitative estimate of drug-likeness (QED) is 0.510. The number of carbonyl (C=O) groups is 1. The summed E-state index contributed by atoms with van der Waals surface area (Å²) in [5.74, 6) is -0.675. The smallest absolute Gasteiger partial charge is 0.354 e. The number of carbonyl (C=O) groups excluding carboxylic acids is 1. The average Bonchev–Trinajstić information content (AvgIpc) is 3.00. The fourth-order valence-electron chi connectivity index (χ4n) is 3.11. The number of benzene rings is 2. The molecule has 5 heteroatoms. The van der Waals surface area contributed by atoms with Gasteiger partial charge in [-0.3, -0.25) is 0 Å². The van der Waals surface area contributed by atoms with Crippen LogP contribution in [0.25, 0.3) is 22.2 Å². The lowest BCUT2D eigenvalue weighted by Crippen LogP contribution is -2.16. The SMILES string of the molecule is CCOC(=O)c1cc2c3ccccc3nc-2cn1Cc1ccc(F)cc1. The molecule has 0 unspecified atom stereocenters. The monoisotopic (exact) mass is 348 g/mol. The van der Waals surface area contributed by atoms with Crippen molar-refractivity contribution >= 4 is 16.9 Å². The number of para-hydroxylation sites is 1. The minimum absolute atomic E-state index is 0.288. The van der Waals surface area contributed by atoms with E-state index < -0.39 is 0 Å². The van der Waals surface area contributed by atoms with E-state index in [0.717, 1.165) is 27.7 Å². The topological polar surface area (TPSA) is 44.1 Å². The predicted molar refractivity (Wildman–Crippen MR) is 97.8 cm³/mol. The highest BCUT2D eigenvalue weighted by atomic mass is 19.1. The van der Waals surface area contributed by atoms with Gasteiger partial charge in [-0.15, -0.1) is 0 Å². The third-order valence-corrected chi connectivity index (χ3v) is 4.33. The molecule has 2 aliphatic heterocycles. The van der Waals surface area contributed by atoms with Crippen LogP contribution in [-0.2, 0) is 11.3 Å². The Hall–Kier alpha value is -3.21. The standard InChI is InChI=1S/C21H17FN2O2/c1-2-26-21(25)20-11-17-16-5-3-4-6-18(16)23-19(17)13-24(20)12-14-7-9-15(22)10-8-14/h3-11,13H,2,12H2,1H3. The van der Waals surface area contributed by atoms with Gasteiger partial charge in [0.2, 0.25) is 0 Å². The van der Waals surface area contributed by atoms with Crippen LogP contribution in [0, 0.1) is 5.82 Å². The van der Waals surface area contributed by atoms with E-state index >= 15 is 0 Å². The van der Waals surface area contributed by atoms with Crippen molar-refractivity contribution in [2.75, 3.05) is 6.61 Å². The molecule has 130 valence electrons. The normalized spacial score (nSPS) is 11.2. The molecule has 0 spiro atoms. The van der Waals surface area contributed by atoms with Gasteiger partial charge in [-0.05, 0) is 36.8 Å². The molecular weight excluding hydrogens is 331 g/mol. The Labute approximate surface area is 150 Å². The second-order valence-corrected chi connectivity index (χ2v) is 6.06. The average molecular weight is 348 g/mol. The van der Waals surface area contributed by atoms with E-state index in [1.165, 1.54) is 12.1 Å². The molecule has 0 aliphatic carbocycles. The molecule has 0 N–H and O–H groups in total. The largest absolute Gasteiger partial charge is 0.461 e. The number of rotatable bonds is 4. The molecule has 2 aromatic carbocycles. The van der Waals surface area contributed by atoms with E-state index in [2.05, 4.69) is 4.98 Å². The second kappa shape index (κ2) is 6.59. The fourth-order valence-corrected chi connectivity index (χ4v) is 3.11. The lowest BCUT2D eigenvalue weighted by Gasteiger charge is -2.15. The zero-order valence-corrected chi connectivity index (χ0v) is 14.3. The first-order valence-electron chi connectivity index (χ1n) is 8.46. The van der Waals surface area contributed by atoms with Gasteiger partial charge < -0.3 is 9.30 Å². The van der Waals surface area contributed by atoms with Crippen molar-refractivity contribution in [1.29, 1.82) is 0 Å². The molecular formula is C21H17FN2O2. The van der Waals surface area contributed by atoms with Gasteiger partial charge in [0.1, 0.15) is 11.5 Å². The van der Waals surface area contributed by atoms with Gasteiger partial charge in [0.15, 0.2) is 0 Å². The van der Waals surface area contributed by atoms with Crippen molar-refractivity contribution in [1.82, 2.24) is 9.55 Å². The molecule has 4 rings (SSSR count). The molecule has 0 radical (unpaired) electrons. The zero-order chi connectivity index (χ0) is 18.1. The molecule has 4 nitrogen and oxygen atoms in total. The molecule has 2 heterocycles. The first-order valence-corrected chi connectivity index (χ1v) is 8.46. The highest BCUT2D eigenvalue weighted by Crippen LogP contribution is 2.32. The summed E-state index contributed by atoms with van der Waals surface area (Å²) in [6.07, 6.45) is 1.85. The number of aromatic nitrogens is 2. The Morgan fingerprint density at radius 3 is 2.69 bits per heavy atom. The van der Waals surface area contributed by atoms with Crippen molar-refractivity contribution in [3.05, 3.63) is 77.9 Å². The van der Waals surface area contributed by atoms with Gasteiger partial charge in [0.25, 0.3) is 0 Å². The number of hydrogen-bond donors (Lipinski definition) is 0. The van der Waals surface area contributed by atoms with E-state index in [-0.39, 0.29) is 11.8 Å². The number of fused-ring (bicyclic) bond motifs is 3. The summed E-state index contributed by atoms with van der Waals surface area (Å²) in [7, 11) is 0. The molecule has 2 aliphatic rings. The zero-order valence-electron chi connectivity index (χ0n) is 14.3. The lowest BCUT2D eigenvalue weighted by atomic mass is 10.1. The van der Waals surface area contributed by atoms with Crippen molar-refractivity contribution in [2.24, 2.45) is 0 Å². The molecule has 0 bridgehead atoms. The maximum absolute atomic E-state index is 13.2. The molecule has 0 atom stereocenters. The van der Waals surface area contributed by atoms with Gasteiger partial charge in [0.05, 0.1) is 17.8 Å². The van der Waals surface area contributed by atoms with Crippen LogP contribution < -0.4 is 0 Å². The number of pyridine rings is 1. The summed E-state index contributed by atoms with van der Waals surface area (Å²) in [6, 6.07) is 15.9. The number of ether oxygens (including phenoxy) is 1. The summed E-state index contributed by atoms with van der Waals surface area (Å²) < 4.78 is 20.2. The fraction of sp³-hybridized carbons (Fsp3) is 0.143. The molecule has 0 amide bonds. The number of nitrogens with zero attached hydrogens (tertiary/aromatic N) is 2. The molecule has 2 aromatic rings. The van der Waals surface area contributed by atoms with Gasteiger partial charge in [-0.2, -0.15) is 0 Å². The third-order valence-electron chi connectivity index (χ3n) is 4.33. The second-order valence-electron chi connectivity index (χ2n) is 6.06. The molecule has 0 fully saturated rings. The van der Waals surface area contributed by atoms with Crippen molar-refractivity contribution < 1.29 is 13.9 Å². The molecule has 26 heavy (non-hydrogen) atoms. The number of hydrogen-bond acceptors (Lipinski definition) is 3. The Balaban J connectivity index is 1.87. The maximum atomic E-state index is 13.2. The lowest BCUT2D eigenvalue weighted by molar-refractivity contribution is 0.0513. The first kappa shape index (κ1) is 16.3. The van der Waals surface area contributed by atoms with Crippen LogP contribution in [0.2, 0.25) is 0 Å². The summed E-state index contributed by atoms with van der Waals surface area (Å²) in [4.78, 5) is 17.1. The van der Waals surface area contributed by atoms with Gasteiger partial charge in [-0.1, -0.05) is 30.3 Å². The van der Waals surface area contributed by atoms with E-state index in [1.54, 1.807) is 23.6 Å². The minimum Gasteiger partial charge on any atom is -0.461 e. The predicted octanol–water partition coefficient (Wildman–Crippen LogP) is 4.51. The Bertz CT molecular complexity index is 1050. The summed E-state index contributed by atoms with van der Waals surface area (Å²) in [6.45, 7) is 2.50. The molecule has 0 saturated carbocycles. The minimum atomic E-state index is -0.387. The van der Waals surface area contributed by atoms with E-state index in [1.807, 2.05) is 36.5 Å². The Kier molecular flexibility index (Phi) is 4.13. The van der Waals surface area contributed by atoms with Crippen LogP contribution in [0.1, 0.15) is 23.0 Å². The summed E-state index contributed by atoms with van der Waals surface area (Å²) in [5, 5.41) is 1.00. The van der Waals surface area contributed by atoms with Crippen LogP contribution in [0.4, 0.5) is 4.39 Å². The third kappa shape index (κ3) is 2.92. The van der Waals surface area contributed by atoms with Crippen LogP contribution in [0.5, 0.6) is 0 Å². The van der Waals surface area contributed by atoms with Crippen LogP contribution in [0.3, 0.4) is 0 Å². The number of esters is 1. The number of halogens is 1. The van der Waals surface area contributed by atoms with Gasteiger partial charge >= 0.3 is 5.97 Å². The van der Waals surface area contributed by atoms with Crippen LogP contribution in [0.15, 0.2) is 60.8 Å². The summed E-state index contributed by atoms with van der Waals surface area (Å²) in [5.41, 5.74) is 3.94. The van der Waals surface area contributed by atoms with E-state index in [0.29, 0.717) is 18.8 Å². The van der Waals surface area contributed by atoms with Crippen molar-refractivity contribution in [3.63, 3.8) is 0 Å². The Morgan fingerprint density at radius 1 is 1.15 bits per heavy atom. The van der Waals surface area contributed by atoms with Crippen molar-refractivity contribution in [3.8, 4) is 11.3 Å². The van der Waals surface area contributed by atoms with Gasteiger partial charge in [0, 0.05) is 23.7 Å². The van der Waals surface area contributed by atoms with Crippen LogP contribution >= 0.6 is 0 Å². The van der Waals surface area contributed by atoms with Crippen LogP contribution in [-0.4, -0.2) is 22.1 Å². The highest BCUT2D eigenvalue weighted by molar-refractivity contribution is 6.00. The van der Waals surface area contributed by atoms with Crippen molar-refractivity contribution in [2.45, 2.75) is 13.5 Å². The van der Waals surface area contributed by atoms with Gasteiger partial charge in [-0.25, -0.2) is 14.2 Å². The summed E-state index contributed by atoms with van der Waals surface area (Å²) >= 11 is 0. The highest BCUT2D eigenvalue weighted by Gasteiger charge is 2.19. The van der Waals surface area contributed by atoms with E-state index in [9.17, 15) is 9.18 Å². The Morgan fingerprint density at radius 2 is 1.92 bits per heavy atom. The molecule has 0 saturated heterocycles.